The van der Waals surface area contributed by atoms with Crippen LogP contribution in [0.3, 0.4) is 0 Å². The Morgan fingerprint density at radius 2 is 2.53 bits per heavy atom. The van der Waals surface area contributed by atoms with Gasteiger partial charge in [0.25, 0.3) is 5.91 Å². The van der Waals surface area contributed by atoms with E-state index in [0.29, 0.717) is 10.7 Å². The van der Waals surface area contributed by atoms with Crippen LogP contribution in [0.4, 0.5) is 5.82 Å². The van der Waals surface area contributed by atoms with E-state index in [-0.39, 0.29) is 12.5 Å². The quantitative estimate of drug-likeness (QED) is 0.807. The minimum atomic E-state index is -0.313. The second kappa shape index (κ2) is 5.70. The fourth-order valence-corrected chi connectivity index (χ4v) is 2.16. The highest BCUT2D eigenvalue weighted by Gasteiger charge is 2.12. The molecule has 80 valence electrons. The fourth-order valence-electron chi connectivity index (χ4n) is 0.848. The Bertz CT molecular complexity index is 397. The summed E-state index contributed by atoms with van der Waals surface area (Å²) in [6, 6.07) is 1.98. The smallest absolute Gasteiger partial charge is 0.251 e. The summed E-state index contributed by atoms with van der Waals surface area (Å²) >= 11 is 2.69. The standard InChI is InChI=1S/C8H9N3O2S2/c1-13-4-6(12)10-7-5(3-9)15-8(11-7)14-2/h4H2,1-2H3,(H,10,12). The van der Waals surface area contributed by atoms with Crippen LogP contribution in [-0.4, -0.2) is 30.9 Å². The lowest BCUT2D eigenvalue weighted by Gasteiger charge is -1.99. The van der Waals surface area contributed by atoms with E-state index in [1.54, 1.807) is 0 Å². The topological polar surface area (TPSA) is 75.0 Å². The lowest BCUT2D eigenvalue weighted by Crippen LogP contribution is -2.17. The number of ether oxygens (including phenoxy) is 1. The van der Waals surface area contributed by atoms with Crippen LogP contribution in [0.1, 0.15) is 4.88 Å². The van der Waals surface area contributed by atoms with Gasteiger partial charge >= 0.3 is 0 Å². The van der Waals surface area contributed by atoms with Gasteiger partial charge in [0.2, 0.25) is 0 Å². The SMILES string of the molecule is COCC(=O)Nc1nc(SC)sc1C#N. The zero-order valence-corrected chi connectivity index (χ0v) is 9.87. The molecule has 0 unspecified atom stereocenters. The van der Waals surface area contributed by atoms with Gasteiger partial charge in [-0.05, 0) is 6.26 Å². The van der Waals surface area contributed by atoms with Gasteiger partial charge in [-0.25, -0.2) is 4.98 Å². The molecule has 15 heavy (non-hydrogen) atoms. The van der Waals surface area contributed by atoms with E-state index in [1.165, 1.54) is 30.2 Å². The molecule has 0 saturated heterocycles. The molecule has 0 aliphatic rings. The maximum atomic E-state index is 11.2. The van der Waals surface area contributed by atoms with Crippen molar-refractivity contribution in [2.75, 3.05) is 25.3 Å². The number of carbonyl (C=O) groups is 1. The molecule has 1 aromatic heterocycles. The first-order valence-corrected chi connectivity index (χ1v) is 5.99. The van der Waals surface area contributed by atoms with Crippen LogP contribution in [0.15, 0.2) is 4.34 Å². The molecule has 0 radical (unpaired) electrons. The van der Waals surface area contributed by atoms with E-state index in [2.05, 4.69) is 15.0 Å². The highest BCUT2D eigenvalue weighted by molar-refractivity contribution is 8.00. The predicted octanol–water partition coefficient (Wildman–Crippen LogP) is 1.32. The molecule has 1 aromatic rings. The zero-order chi connectivity index (χ0) is 11.3. The summed E-state index contributed by atoms with van der Waals surface area (Å²) in [6.45, 7) is -0.0446. The maximum Gasteiger partial charge on any atom is 0.251 e. The van der Waals surface area contributed by atoms with Gasteiger partial charge in [0.1, 0.15) is 17.6 Å². The number of hydrogen-bond acceptors (Lipinski definition) is 6. The van der Waals surface area contributed by atoms with Crippen LogP contribution < -0.4 is 5.32 Å². The van der Waals surface area contributed by atoms with Crippen LogP contribution in [0.5, 0.6) is 0 Å². The molecule has 1 rings (SSSR count). The van der Waals surface area contributed by atoms with Crippen molar-refractivity contribution in [1.29, 1.82) is 5.26 Å². The number of methoxy groups -OCH3 is 1. The molecule has 0 fully saturated rings. The number of carbonyl (C=O) groups excluding carboxylic acids is 1. The Kier molecular flexibility index (Phi) is 4.55. The number of nitriles is 1. The second-order valence-electron chi connectivity index (χ2n) is 2.45. The Labute approximate surface area is 95.5 Å². The molecule has 0 aliphatic heterocycles. The molecule has 0 saturated carbocycles. The number of thiazole rings is 1. The Balaban J connectivity index is 2.80. The third-order valence-corrected chi connectivity index (χ3v) is 3.36. The van der Waals surface area contributed by atoms with Crippen molar-refractivity contribution in [2.45, 2.75) is 4.34 Å². The normalized spacial score (nSPS) is 9.67. The minimum Gasteiger partial charge on any atom is -0.375 e. The van der Waals surface area contributed by atoms with E-state index >= 15 is 0 Å². The van der Waals surface area contributed by atoms with Crippen molar-refractivity contribution in [3.05, 3.63) is 4.88 Å². The molecule has 0 spiro atoms. The monoisotopic (exact) mass is 243 g/mol. The molecule has 5 nitrogen and oxygen atoms in total. The Morgan fingerprint density at radius 1 is 1.80 bits per heavy atom. The number of hydrogen-bond donors (Lipinski definition) is 1. The summed E-state index contributed by atoms with van der Waals surface area (Å²) in [6.07, 6.45) is 1.86. The first-order chi connectivity index (χ1) is 7.21. The van der Waals surface area contributed by atoms with Gasteiger partial charge in [-0.1, -0.05) is 23.1 Å². The lowest BCUT2D eigenvalue weighted by atomic mass is 10.5. The van der Waals surface area contributed by atoms with Gasteiger partial charge < -0.3 is 10.1 Å². The van der Waals surface area contributed by atoms with E-state index in [4.69, 9.17) is 5.26 Å². The van der Waals surface area contributed by atoms with Crippen LogP contribution in [-0.2, 0) is 9.53 Å². The number of amides is 1. The highest BCUT2D eigenvalue weighted by atomic mass is 32.2. The van der Waals surface area contributed by atoms with Crippen molar-refractivity contribution >= 4 is 34.8 Å². The van der Waals surface area contributed by atoms with Crippen LogP contribution in [0.25, 0.3) is 0 Å². The number of rotatable bonds is 4. The summed E-state index contributed by atoms with van der Waals surface area (Å²) in [7, 11) is 1.43. The van der Waals surface area contributed by atoms with Gasteiger partial charge in [0, 0.05) is 7.11 Å². The van der Waals surface area contributed by atoms with Gasteiger partial charge in [-0.15, -0.1) is 0 Å². The van der Waals surface area contributed by atoms with E-state index in [0.717, 1.165) is 4.34 Å². The van der Waals surface area contributed by atoms with E-state index in [1.807, 2.05) is 12.3 Å². The minimum absolute atomic E-state index is 0.0446. The summed E-state index contributed by atoms with van der Waals surface area (Å²) in [4.78, 5) is 15.7. The third kappa shape index (κ3) is 3.20. The second-order valence-corrected chi connectivity index (χ2v) is 4.51. The molecular weight excluding hydrogens is 234 g/mol. The number of thioether (sulfide) groups is 1. The number of nitrogens with zero attached hydrogens (tertiary/aromatic N) is 2. The molecule has 0 aromatic carbocycles. The van der Waals surface area contributed by atoms with Gasteiger partial charge in [0.05, 0.1) is 0 Å². The van der Waals surface area contributed by atoms with Crippen molar-refractivity contribution in [3.63, 3.8) is 0 Å². The summed E-state index contributed by atoms with van der Waals surface area (Å²) in [5, 5.41) is 11.3. The average Bonchev–Trinajstić information content (AvgIpc) is 2.60. The first-order valence-electron chi connectivity index (χ1n) is 3.95. The van der Waals surface area contributed by atoms with E-state index in [9.17, 15) is 4.79 Å². The van der Waals surface area contributed by atoms with Gasteiger partial charge in [-0.2, -0.15) is 5.26 Å². The van der Waals surface area contributed by atoms with Gasteiger partial charge in [-0.3, -0.25) is 4.79 Å². The Hall–Kier alpha value is -1.10. The Morgan fingerprint density at radius 3 is 3.07 bits per heavy atom. The molecule has 0 bridgehead atoms. The largest absolute Gasteiger partial charge is 0.375 e. The van der Waals surface area contributed by atoms with Crippen LogP contribution >= 0.6 is 23.1 Å². The fraction of sp³-hybridized carbons (Fsp3) is 0.375. The zero-order valence-electron chi connectivity index (χ0n) is 8.23. The number of nitrogens with one attached hydrogen (secondary N) is 1. The number of aromatic nitrogens is 1. The predicted molar refractivity (Wildman–Crippen MR) is 59.1 cm³/mol. The summed E-state index contributed by atoms with van der Waals surface area (Å²) < 4.78 is 5.41. The van der Waals surface area contributed by atoms with E-state index < -0.39 is 0 Å². The molecule has 0 atom stereocenters. The molecular formula is C8H9N3O2S2. The van der Waals surface area contributed by atoms with Gasteiger partial charge in [0.15, 0.2) is 10.2 Å². The van der Waals surface area contributed by atoms with Crippen LogP contribution in [0, 0.1) is 11.3 Å². The summed E-state index contributed by atoms with van der Waals surface area (Å²) in [5.41, 5.74) is 0. The average molecular weight is 243 g/mol. The highest BCUT2D eigenvalue weighted by Crippen LogP contribution is 2.28. The van der Waals surface area contributed by atoms with Crippen molar-refractivity contribution in [1.82, 2.24) is 4.98 Å². The third-order valence-electron chi connectivity index (χ3n) is 1.42. The molecule has 0 aliphatic carbocycles. The number of anilines is 1. The molecule has 1 heterocycles. The van der Waals surface area contributed by atoms with Crippen molar-refractivity contribution in [3.8, 4) is 6.07 Å². The molecule has 1 amide bonds. The van der Waals surface area contributed by atoms with Crippen molar-refractivity contribution in [2.24, 2.45) is 0 Å². The van der Waals surface area contributed by atoms with Crippen LogP contribution in [0.2, 0.25) is 0 Å². The maximum absolute atomic E-state index is 11.2. The lowest BCUT2D eigenvalue weighted by molar-refractivity contribution is -0.119. The summed E-state index contributed by atoms with van der Waals surface area (Å²) in [5.74, 6) is 0.000790. The first kappa shape index (κ1) is 12.0. The molecule has 7 heteroatoms. The van der Waals surface area contributed by atoms with Crippen molar-refractivity contribution < 1.29 is 9.53 Å². The molecule has 1 N–H and O–H groups in total.